The van der Waals surface area contributed by atoms with Gasteiger partial charge in [0, 0.05) is 5.69 Å². The van der Waals surface area contributed by atoms with E-state index in [1.54, 1.807) is 18.2 Å². The predicted molar refractivity (Wildman–Crippen MR) is 96.7 cm³/mol. The van der Waals surface area contributed by atoms with Crippen LogP contribution in [0.1, 0.15) is 0 Å². The summed E-state index contributed by atoms with van der Waals surface area (Å²) in [5.41, 5.74) is 2.29. The number of hydrogen-bond acceptors (Lipinski definition) is 3. The molecule has 0 unspecified atom stereocenters. The van der Waals surface area contributed by atoms with Gasteiger partial charge in [0.05, 0.1) is 11.4 Å². The molecule has 3 aromatic rings. The van der Waals surface area contributed by atoms with Crippen molar-refractivity contribution in [2.24, 2.45) is 0 Å². The molecule has 0 aliphatic rings. The van der Waals surface area contributed by atoms with Crippen LogP contribution in [0.25, 0.3) is 0 Å². The monoisotopic (exact) mass is 336 g/mol. The molecule has 3 aromatic carbocycles. The Morgan fingerprint density at radius 3 is 2.24 bits per heavy atom. The molecule has 0 aromatic heterocycles. The van der Waals surface area contributed by atoms with E-state index < -0.39 is 5.82 Å². The molecular formula is C20H17FN2O2. The lowest BCUT2D eigenvalue weighted by molar-refractivity contribution is -0.118. The van der Waals surface area contributed by atoms with Gasteiger partial charge in [-0.3, -0.25) is 4.79 Å². The Morgan fingerprint density at radius 2 is 1.48 bits per heavy atom. The standard InChI is InChI=1S/C20H17FN2O2/c21-16-10-4-7-13-19(16)25-14-20(24)23-18-12-6-5-11-17(18)22-15-8-2-1-3-9-15/h1-13,22H,14H2,(H,23,24). The summed E-state index contributed by atoms with van der Waals surface area (Å²) in [7, 11) is 0. The summed E-state index contributed by atoms with van der Waals surface area (Å²) in [4.78, 5) is 12.1. The number of ether oxygens (including phenoxy) is 1. The van der Waals surface area contributed by atoms with Gasteiger partial charge < -0.3 is 15.4 Å². The van der Waals surface area contributed by atoms with Gasteiger partial charge in [-0.05, 0) is 36.4 Å². The SMILES string of the molecule is O=C(COc1ccccc1F)Nc1ccccc1Nc1ccccc1. The number of benzene rings is 3. The molecule has 1 amide bonds. The van der Waals surface area contributed by atoms with Gasteiger partial charge in [-0.25, -0.2) is 4.39 Å². The highest BCUT2D eigenvalue weighted by Gasteiger charge is 2.09. The Bertz CT molecular complexity index is 853. The first-order valence-electron chi connectivity index (χ1n) is 7.80. The van der Waals surface area contributed by atoms with Crippen LogP contribution >= 0.6 is 0 Å². The molecule has 0 saturated carbocycles. The molecule has 25 heavy (non-hydrogen) atoms. The van der Waals surface area contributed by atoms with E-state index in [1.165, 1.54) is 12.1 Å². The number of rotatable bonds is 6. The number of hydrogen-bond donors (Lipinski definition) is 2. The maximum absolute atomic E-state index is 13.5. The van der Waals surface area contributed by atoms with Crippen molar-refractivity contribution < 1.29 is 13.9 Å². The van der Waals surface area contributed by atoms with Gasteiger partial charge in [-0.1, -0.05) is 42.5 Å². The third kappa shape index (κ3) is 4.57. The van der Waals surface area contributed by atoms with Gasteiger partial charge in [0.15, 0.2) is 18.2 Å². The van der Waals surface area contributed by atoms with E-state index in [4.69, 9.17) is 4.74 Å². The Kier molecular flexibility index (Phi) is 5.26. The largest absolute Gasteiger partial charge is 0.481 e. The molecule has 0 saturated heterocycles. The summed E-state index contributed by atoms with van der Waals surface area (Å²) in [6.07, 6.45) is 0. The maximum atomic E-state index is 13.5. The lowest BCUT2D eigenvalue weighted by Gasteiger charge is -2.13. The highest BCUT2D eigenvalue weighted by atomic mass is 19.1. The van der Waals surface area contributed by atoms with E-state index in [0.717, 1.165) is 11.4 Å². The lowest BCUT2D eigenvalue weighted by Crippen LogP contribution is -2.21. The minimum absolute atomic E-state index is 0.0494. The molecule has 0 radical (unpaired) electrons. The highest BCUT2D eigenvalue weighted by molar-refractivity contribution is 5.95. The number of nitrogens with one attached hydrogen (secondary N) is 2. The molecule has 0 spiro atoms. The summed E-state index contributed by atoms with van der Waals surface area (Å²) >= 11 is 0. The van der Waals surface area contributed by atoms with E-state index >= 15 is 0 Å². The van der Waals surface area contributed by atoms with Crippen LogP contribution in [0, 0.1) is 5.82 Å². The molecule has 0 heterocycles. The number of amides is 1. The average Bonchev–Trinajstić information content (AvgIpc) is 2.64. The predicted octanol–water partition coefficient (Wildman–Crippen LogP) is 4.59. The van der Waals surface area contributed by atoms with Crippen molar-refractivity contribution in [1.82, 2.24) is 0 Å². The smallest absolute Gasteiger partial charge is 0.262 e. The fourth-order valence-corrected chi connectivity index (χ4v) is 2.27. The molecule has 0 aliphatic heterocycles. The Morgan fingerprint density at radius 1 is 0.840 bits per heavy atom. The van der Waals surface area contributed by atoms with Crippen molar-refractivity contribution in [2.45, 2.75) is 0 Å². The molecule has 3 rings (SSSR count). The molecular weight excluding hydrogens is 319 g/mol. The van der Waals surface area contributed by atoms with Gasteiger partial charge in [0.25, 0.3) is 5.91 Å². The fourth-order valence-electron chi connectivity index (χ4n) is 2.27. The van der Waals surface area contributed by atoms with Crippen molar-refractivity contribution in [3.05, 3.63) is 84.7 Å². The van der Waals surface area contributed by atoms with Gasteiger partial charge in [0.1, 0.15) is 0 Å². The maximum Gasteiger partial charge on any atom is 0.262 e. The van der Waals surface area contributed by atoms with Crippen LogP contribution in [0.5, 0.6) is 5.75 Å². The molecule has 0 fully saturated rings. The quantitative estimate of drug-likeness (QED) is 0.692. The highest BCUT2D eigenvalue weighted by Crippen LogP contribution is 2.25. The van der Waals surface area contributed by atoms with Crippen LogP contribution in [-0.4, -0.2) is 12.5 Å². The van der Waals surface area contributed by atoms with Crippen LogP contribution in [0.4, 0.5) is 21.5 Å². The van der Waals surface area contributed by atoms with E-state index in [9.17, 15) is 9.18 Å². The Hall–Kier alpha value is -3.34. The minimum Gasteiger partial charge on any atom is -0.481 e. The number of carbonyl (C=O) groups is 1. The van der Waals surface area contributed by atoms with Gasteiger partial charge in [0.2, 0.25) is 0 Å². The fraction of sp³-hybridized carbons (Fsp3) is 0.0500. The third-order valence-electron chi connectivity index (χ3n) is 3.45. The first kappa shape index (κ1) is 16.5. The second-order valence-electron chi connectivity index (χ2n) is 5.30. The second kappa shape index (κ2) is 7.97. The molecule has 5 heteroatoms. The lowest BCUT2D eigenvalue weighted by atomic mass is 10.2. The van der Waals surface area contributed by atoms with Crippen LogP contribution in [-0.2, 0) is 4.79 Å². The number of para-hydroxylation sites is 4. The van der Waals surface area contributed by atoms with E-state index in [0.29, 0.717) is 5.69 Å². The van der Waals surface area contributed by atoms with Crippen molar-refractivity contribution in [3.8, 4) is 5.75 Å². The molecule has 0 aliphatic carbocycles. The van der Waals surface area contributed by atoms with Crippen molar-refractivity contribution in [3.63, 3.8) is 0 Å². The molecule has 0 bridgehead atoms. The van der Waals surface area contributed by atoms with Crippen LogP contribution in [0.2, 0.25) is 0 Å². The first-order valence-corrected chi connectivity index (χ1v) is 7.80. The van der Waals surface area contributed by atoms with E-state index in [-0.39, 0.29) is 18.3 Å². The van der Waals surface area contributed by atoms with Crippen LogP contribution in [0.15, 0.2) is 78.9 Å². The first-order chi connectivity index (χ1) is 12.2. The molecule has 4 nitrogen and oxygen atoms in total. The second-order valence-corrected chi connectivity index (χ2v) is 5.30. The number of anilines is 3. The van der Waals surface area contributed by atoms with E-state index in [1.807, 2.05) is 48.5 Å². The average molecular weight is 336 g/mol. The van der Waals surface area contributed by atoms with Crippen LogP contribution in [0.3, 0.4) is 0 Å². The van der Waals surface area contributed by atoms with Crippen molar-refractivity contribution in [1.29, 1.82) is 0 Å². The third-order valence-corrected chi connectivity index (χ3v) is 3.45. The molecule has 2 N–H and O–H groups in total. The topological polar surface area (TPSA) is 50.4 Å². The minimum atomic E-state index is -0.499. The Balaban J connectivity index is 1.64. The molecule has 0 atom stereocenters. The Labute approximate surface area is 145 Å². The summed E-state index contributed by atoms with van der Waals surface area (Å²) < 4.78 is 18.7. The van der Waals surface area contributed by atoms with Gasteiger partial charge in [-0.15, -0.1) is 0 Å². The normalized spacial score (nSPS) is 10.1. The zero-order chi connectivity index (χ0) is 17.5. The van der Waals surface area contributed by atoms with E-state index in [2.05, 4.69) is 10.6 Å². The number of carbonyl (C=O) groups excluding carboxylic acids is 1. The zero-order valence-corrected chi connectivity index (χ0v) is 13.4. The summed E-state index contributed by atoms with van der Waals surface area (Å²) in [6.45, 7) is -0.277. The van der Waals surface area contributed by atoms with Crippen molar-refractivity contribution >= 4 is 23.0 Å². The summed E-state index contributed by atoms with van der Waals surface area (Å²) in [5, 5.41) is 6.02. The number of halogens is 1. The van der Waals surface area contributed by atoms with Crippen LogP contribution < -0.4 is 15.4 Å². The summed E-state index contributed by atoms with van der Waals surface area (Å²) in [6, 6.07) is 23.0. The van der Waals surface area contributed by atoms with Gasteiger partial charge in [-0.2, -0.15) is 0 Å². The zero-order valence-electron chi connectivity index (χ0n) is 13.4. The summed E-state index contributed by atoms with van der Waals surface area (Å²) in [5.74, 6) is -0.819. The van der Waals surface area contributed by atoms with Crippen molar-refractivity contribution in [2.75, 3.05) is 17.2 Å². The molecule has 126 valence electrons. The van der Waals surface area contributed by atoms with Gasteiger partial charge >= 0.3 is 0 Å².